The summed E-state index contributed by atoms with van der Waals surface area (Å²) in [5.74, 6) is 1.85. The third kappa shape index (κ3) is 2.39. The van der Waals surface area contributed by atoms with E-state index in [1.54, 1.807) is 18.0 Å². The average Bonchev–Trinajstić information content (AvgIpc) is 2.69. The van der Waals surface area contributed by atoms with Crippen molar-refractivity contribution in [2.75, 3.05) is 18.8 Å². The number of amidine groups is 1. The second kappa shape index (κ2) is 4.66. The molecule has 0 saturated heterocycles. The van der Waals surface area contributed by atoms with E-state index in [1.165, 1.54) is 0 Å². The molecule has 1 aliphatic rings. The molecule has 1 aliphatic heterocycles. The highest BCUT2D eigenvalue weighted by Gasteiger charge is 2.07. The summed E-state index contributed by atoms with van der Waals surface area (Å²) >= 11 is 7.57. The molecule has 0 fully saturated rings. The second-order valence-electron chi connectivity index (χ2n) is 2.83. The van der Waals surface area contributed by atoms with Crippen LogP contribution < -0.4 is 5.32 Å². The topological polar surface area (TPSA) is 37.3 Å². The number of rotatable bonds is 3. The van der Waals surface area contributed by atoms with E-state index in [9.17, 15) is 0 Å². The summed E-state index contributed by atoms with van der Waals surface area (Å²) in [7, 11) is 0. The monoisotopic (exact) mass is 227 g/mol. The van der Waals surface area contributed by atoms with E-state index in [0.717, 1.165) is 29.7 Å². The normalized spacial score (nSPS) is 15.1. The van der Waals surface area contributed by atoms with Crippen LogP contribution in [0.5, 0.6) is 0 Å². The summed E-state index contributed by atoms with van der Waals surface area (Å²) in [6, 6.07) is 3.68. The lowest BCUT2D eigenvalue weighted by Crippen LogP contribution is -2.20. The summed E-state index contributed by atoms with van der Waals surface area (Å²) in [4.78, 5) is 8.48. The van der Waals surface area contributed by atoms with Gasteiger partial charge in [-0.2, -0.15) is 0 Å². The number of aliphatic imine (C=N–C) groups is 1. The molecule has 1 aromatic heterocycles. The van der Waals surface area contributed by atoms with Crippen molar-refractivity contribution in [2.45, 2.75) is 5.03 Å². The van der Waals surface area contributed by atoms with Gasteiger partial charge in [0, 0.05) is 12.7 Å². The lowest BCUT2D eigenvalue weighted by Gasteiger charge is -2.02. The molecule has 74 valence electrons. The van der Waals surface area contributed by atoms with Crippen LogP contribution in [0.15, 0.2) is 28.3 Å². The summed E-state index contributed by atoms with van der Waals surface area (Å²) in [5.41, 5.74) is 0. The summed E-state index contributed by atoms with van der Waals surface area (Å²) < 4.78 is 0. The highest BCUT2D eigenvalue weighted by atomic mass is 35.5. The first-order valence-electron chi connectivity index (χ1n) is 4.37. The molecule has 2 heterocycles. The van der Waals surface area contributed by atoms with Gasteiger partial charge in [0.2, 0.25) is 0 Å². The zero-order valence-corrected chi connectivity index (χ0v) is 9.11. The van der Waals surface area contributed by atoms with E-state index in [-0.39, 0.29) is 0 Å². The smallest absolute Gasteiger partial charge is 0.115 e. The zero-order valence-electron chi connectivity index (χ0n) is 7.53. The van der Waals surface area contributed by atoms with Crippen LogP contribution in [-0.2, 0) is 0 Å². The van der Waals surface area contributed by atoms with Crippen molar-refractivity contribution in [1.82, 2.24) is 10.3 Å². The minimum Gasteiger partial charge on any atom is -0.371 e. The maximum absolute atomic E-state index is 5.97. The molecular formula is C9H10ClN3S. The van der Waals surface area contributed by atoms with Gasteiger partial charge in [-0.15, -0.1) is 0 Å². The Labute approximate surface area is 92.0 Å². The van der Waals surface area contributed by atoms with Gasteiger partial charge in [0.15, 0.2) is 0 Å². The number of aromatic nitrogens is 1. The molecule has 0 saturated carbocycles. The first kappa shape index (κ1) is 9.80. The Kier molecular flexibility index (Phi) is 3.26. The standard InChI is InChI=1S/C9H10ClN3S/c10-7-2-1-3-13-9(7)14-6-8-11-4-5-12-8/h1-3H,4-6H2,(H,11,12). The number of pyridine rings is 1. The summed E-state index contributed by atoms with van der Waals surface area (Å²) in [6.07, 6.45) is 1.75. The molecule has 0 unspecified atom stereocenters. The molecule has 1 aromatic rings. The molecule has 2 rings (SSSR count). The van der Waals surface area contributed by atoms with Gasteiger partial charge in [-0.3, -0.25) is 4.99 Å². The quantitative estimate of drug-likeness (QED) is 0.801. The van der Waals surface area contributed by atoms with Crippen LogP contribution in [0.1, 0.15) is 0 Å². The highest BCUT2D eigenvalue weighted by molar-refractivity contribution is 8.00. The molecule has 0 aliphatic carbocycles. The van der Waals surface area contributed by atoms with Crippen LogP contribution in [0.25, 0.3) is 0 Å². The second-order valence-corrected chi connectivity index (χ2v) is 4.21. The van der Waals surface area contributed by atoms with Gasteiger partial charge in [0.05, 0.1) is 17.3 Å². The van der Waals surface area contributed by atoms with Crippen molar-refractivity contribution in [3.63, 3.8) is 0 Å². The summed E-state index contributed by atoms with van der Waals surface area (Å²) in [5, 5.41) is 4.78. The third-order valence-electron chi connectivity index (χ3n) is 1.81. The number of nitrogens with one attached hydrogen (secondary N) is 1. The first-order chi connectivity index (χ1) is 6.86. The lowest BCUT2D eigenvalue weighted by molar-refractivity contribution is 0.959. The van der Waals surface area contributed by atoms with Gasteiger partial charge in [-0.05, 0) is 12.1 Å². The molecule has 0 atom stereocenters. The lowest BCUT2D eigenvalue weighted by atomic mass is 10.5. The van der Waals surface area contributed by atoms with Crippen molar-refractivity contribution in [2.24, 2.45) is 4.99 Å². The van der Waals surface area contributed by atoms with E-state index in [0.29, 0.717) is 5.02 Å². The number of thioether (sulfide) groups is 1. The molecule has 0 bridgehead atoms. The van der Waals surface area contributed by atoms with Crippen molar-refractivity contribution in [1.29, 1.82) is 0 Å². The Bertz CT molecular complexity index is 354. The predicted molar refractivity (Wildman–Crippen MR) is 60.3 cm³/mol. The number of nitrogens with zero attached hydrogens (tertiary/aromatic N) is 2. The van der Waals surface area contributed by atoms with Gasteiger partial charge in [0.25, 0.3) is 0 Å². The minimum absolute atomic E-state index is 0.705. The molecule has 0 aromatic carbocycles. The highest BCUT2D eigenvalue weighted by Crippen LogP contribution is 2.23. The number of halogens is 1. The fourth-order valence-electron chi connectivity index (χ4n) is 1.16. The first-order valence-corrected chi connectivity index (χ1v) is 5.73. The summed E-state index contributed by atoms with van der Waals surface area (Å²) in [6.45, 7) is 1.83. The van der Waals surface area contributed by atoms with E-state index in [4.69, 9.17) is 11.6 Å². The van der Waals surface area contributed by atoms with Gasteiger partial charge >= 0.3 is 0 Å². The van der Waals surface area contributed by atoms with E-state index in [1.807, 2.05) is 12.1 Å². The molecule has 1 N–H and O–H groups in total. The van der Waals surface area contributed by atoms with Crippen LogP contribution in [0, 0.1) is 0 Å². The molecular weight excluding hydrogens is 218 g/mol. The number of hydrogen-bond donors (Lipinski definition) is 1. The maximum atomic E-state index is 5.97. The fraction of sp³-hybridized carbons (Fsp3) is 0.333. The van der Waals surface area contributed by atoms with Crippen LogP contribution in [-0.4, -0.2) is 29.7 Å². The van der Waals surface area contributed by atoms with Gasteiger partial charge in [-0.25, -0.2) is 4.98 Å². The van der Waals surface area contributed by atoms with Crippen LogP contribution in [0.2, 0.25) is 5.02 Å². The number of hydrogen-bond acceptors (Lipinski definition) is 4. The SMILES string of the molecule is Clc1cccnc1SCC1=NCCN1. The Balaban J connectivity index is 1.94. The van der Waals surface area contributed by atoms with E-state index >= 15 is 0 Å². The predicted octanol–water partition coefficient (Wildman–Crippen LogP) is 1.83. The minimum atomic E-state index is 0.705. The van der Waals surface area contributed by atoms with Gasteiger partial charge in [-0.1, -0.05) is 23.4 Å². The van der Waals surface area contributed by atoms with Gasteiger partial charge < -0.3 is 5.32 Å². The fourth-order valence-corrected chi connectivity index (χ4v) is 2.25. The van der Waals surface area contributed by atoms with Crippen molar-refractivity contribution in [3.05, 3.63) is 23.4 Å². The molecule has 0 radical (unpaired) electrons. The molecule has 0 spiro atoms. The van der Waals surface area contributed by atoms with E-state index < -0.39 is 0 Å². The van der Waals surface area contributed by atoms with Crippen LogP contribution >= 0.6 is 23.4 Å². The molecule has 0 amide bonds. The third-order valence-corrected chi connectivity index (χ3v) is 3.25. The van der Waals surface area contributed by atoms with Crippen LogP contribution in [0.4, 0.5) is 0 Å². The molecule has 14 heavy (non-hydrogen) atoms. The Morgan fingerprint density at radius 3 is 3.21 bits per heavy atom. The van der Waals surface area contributed by atoms with Gasteiger partial charge in [0.1, 0.15) is 10.9 Å². The molecule has 3 nitrogen and oxygen atoms in total. The molecule has 5 heteroatoms. The zero-order chi connectivity index (χ0) is 9.80. The Hall–Kier alpha value is -0.740. The van der Waals surface area contributed by atoms with Crippen molar-refractivity contribution < 1.29 is 0 Å². The van der Waals surface area contributed by atoms with Crippen LogP contribution in [0.3, 0.4) is 0 Å². The average molecular weight is 228 g/mol. The van der Waals surface area contributed by atoms with E-state index in [2.05, 4.69) is 15.3 Å². The largest absolute Gasteiger partial charge is 0.371 e. The van der Waals surface area contributed by atoms with Crippen molar-refractivity contribution in [3.8, 4) is 0 Å². The maximum Gasteiger partial charge on any atom is 0.115 e. The van der Waals surface area contributed by atoms with Crippen molar-refractivity contribution >= 4 is 29.2 Å². The Morgan fingerprint density at radius 2 is 2.50 bits per heavy atom. The Morgan fingerprint density at radius 1 is 1.57 bits per heavy atom.